The molecule has 0 saturated carbocycles. The minimum absolute atomic E-state index is 0.248. The van der Waals surface area contributed by atoms with Gasteiger partial charge in [0, 0.05) is 27.2 Å². The lowest BCUT2D eigenvalue weighted by Gasteiger charge is -2.07. The highest BCUT2D eigenvalue weighted by atomic mass is 35.5. The quantitative estimate of drug-likeness (QED) is 0.495. The molecule has 0 amide bonds. The summed E-state index contributed by atoms with van der Waals surface area (Å²) in [4.78, 5) is 13.5. The van der Waals surface area contributed by atoms with E-state index in [-0.39, 0.29) is 5.69 Å². The Morgan fingerprint density at radius 3 is 2.56 bits per heavy atom. The predicted molar refractivity (Wildman–Crippen MR) is 103 cm³/mol. The second-order valence-electron chi connectivity index (χ2n) is 5.84. The Morgan fingerprint density at radius 2 is 1.80 bits per heavy atom. The van der Waals surface area contributed by atoms with E-state index in [0.29, 0.717) is 5.02 Å². The SMILES string of the molecule is Cn1c(C(=O)O)cc2c(Sc3ccc4ccccc4c3)cc(Cl)cc21. The van der Waals surface area contributed by atoms with Crippen LogP contribution in [0.15, 0.2) is 70.5 Å². The van der Waals surface area contributed by atoms with Gasteiger partial charge in [0.1, 0.15) is 5.69 Å². The summed E-state index contributed by atoms with van der Waals surface area (Å²) in [6, 6.07) is 19.9. The molecule has 4 rings (SSSR count). The van der Waals surface area contributed by atoms with Crippen LogP contribution < -0.4 is 0 Å². The smallest absolute Gasteiger partial charge is 0.352 e. The molecule has 0 radical (unpaired) electrons. The van der Waals surface area contributed by atoms with E-state index in [4.69, 9.17) is 11.6 Å². The Bertz CT molecular complexity index is 1130. The molecule has 0 fully saturated rings. The summed E-state index contributed by atoms with van der Waals surface area (Å²) < 4.78 is 1.66. The summed E-state index contributed by atoms with van der Waals surface area (Å²) in [5, 5.41) is 13.2. The van der Waals surface area contributed by atoms with Crippen LogP contribution in [0.2, 0.25) is 5.02 Å². The fraction of sp³-hybridized carbons (Fsp3) is 0.0500. The number of carboxylic acid groups (broad SMARTS) is 1. The van der Waals surface area contributed by atoms with E-state index in [0.717, 1.165) is 20.7 Å². The molecule has 25 heavy (non-hydrogen) atoms. The van der Waals surface area contributed by atoms with Crippen LogP contribution in [0.25, 0.3) is 21.7 Å². The highest BCUT2D eigenvalue weighted by molar-refractivity contribution is 7.99. The van der Waals surface area contributed by atoms with Gasteiger partial charge in [-0.1, -0.05) is 53.7 Å². The zero-order valence-electron chi connectivity index (χ0n) is 13.4. The van der Waals surface area contributed by atoms with Gasteiger partial charge in [-0.3, -0.25) is 0 Å². The largest absolute Gasteiger partial charge is 0.477 e. The van der Waals surface area contributed by atoms with E-state index in [9.17, 15) is 9.90 Å². The molecule has 1 aromatic heterocycles. The lowest BCUT2D eigenvalue weighted by Crippen LogP contribution is -2.03. The van der Waals surface area contributed by atoms with E-state index in [1.807, 2.05) is 18.2 Å². The lowest BCUT2D eigenvalue weighted by atomic mass is 10.1. The van der Waals surface area contributed by atoms with Gasteiger partial charge in [0.05, 0.1) is 5.52 Å². The molecule has 0 unspecified atom stereocenters. The first-order valence-electron chi connectivity index (χ1n) is 7.72. The van der Waals surface area contributed by atoms with Crippen LogP contribution in [0, 0.1) is 0 Å². The third-order valence-corrected chi connectivity index (χ3v) is 5.52. The van der Waals surface area contributed by atoms with Gasteiger partial charge in [-0.2, -0.15) is 0 Å². The Balaban J connectivity index is 1.84. The minimum atomic E-state index is -0.948. The van der Waals surface area contributed by atoms with Gasteiger partial charge in [-0.25, -0.2) is 4.79 Å². The molecule has 0 atom stereocenters. The maximum Gasteiger partial charge on any atom is 0.352 e. The summed E-state index contributed by atoms with van der Waals surface area (Å²) in [7, 11) is 1.74. The number of hydrogen-bond acceptors (Lipinski definition) is 2. The number of aryl methyl sites for hydroxylation is 1. The number of aromatic nitrogens is 1. The van der Waals surface area contributed by atoms with Crippen LogP contribution in [-0.2, 0) is 7.05 Å². The highest BCUT2D eigenvalue weighted by Crippen LogP contribution is 2.38. The van der Waals surface area contributed by atoms with Gasteiger partial charge >= 0.3 is 5.97 Å². The molecule has 0 aliphatic carbocycles. The Labute approximate surface area is 153 Å². The van der Waals surface area contributed by atoms with Crippen molar-refractivity contribution in [3.8, 4) is 0 Å². The first-order valence-corrected chi connectivity index (χ1v) is 8.91. The highest BCUT2D eigenvalue weighted by Gasteiger charge is 2.16. The van der Waals surface area contributed by atoms with Crippen molar-refractivity contribution in [1.29, 1.82) is 0 Å². The average molecular weight is 368 g/mol. The molecular weight excluding hydrogens is 354 g/mol. The molecule has 1 N–H and O–H groups in total. The molecule has 0 saturated heterocycles. The molecule has 0 bridgehead atoms. The number of fused-ring (bicyclic) bond motifs is 2. The number of halogens is 1. The number of hydrogen-bond donors (Lipinski definition) is 1. The molecule has 1 heterocycles. The van der Waals surface area contributed by atoms with Crippen LogP contribution in [0.5, 0.6) is 0 Å². The van der Waals surface area contributed by atoms with E-state index in [2.05, 4.69) is 30.3 Å². The van der Waals surface area contributed by atoms with Crippen LogP contribution in [0.1, 0.15) is 10.5 Å². The van der Waals surface area contributed by atoms with Crippen molar-refractivity contribution in [2.24, 2.45) is 7.05 Å². The molecule has 0 aliphatic rings. The van der Waals surface area contributed by atoms with Crippen molar-refractivity contribution in [3.05, 3.63) is 71.4 Å². The van der Waals surface area contributed by atoms with Gasteiger partial charge < -0.3 is 9.67 Å². The summed E-state index contributed by atoms with van der Waals surface area (Å²) >= 11 is 7.86. The number of benzene rings is 3. The van der Waals surface area contributed by atoms with Crippen molar-refractivity contribution in [2.45, 2.75) is 9.79 Å². The lowest BCUT2D eigenvalue weighted by molar-refractivity contribution is 0.0687. The number of nitrogens with zero attached hydrogens (tertiary/aromatic N) is 1. The molecular formula is C20H14ClNO2S. The summed E-state index contributed by atoms with van der Waals surface area (Å²) in [6.45, 7) is 0. The molecule has 0 spiro atoms. The first-order chi connectivity index (χ1) is 12.0. The zero-order valence-corrected chi connectivity index (χ0v) is 14.9. The second kappa shape index (κ2) is 6.14. The zero-order chi connectivity index (χ0) is 17.6. The fourth-order valence-electron chi connectivity index (χ4n) is 3.01. The fourth-order valence-corrected chi connectivity index (χ4v) is 4.33. The molecule has 3 aromatic carbocycles. The maximum atomic E-state index is 11.4. The summed E-state index contributed by atoms with van der Waals surface area (Å²) in [5.74, 6) is -0.948. The third kappa shape index (κ3) is 2.88. The van der Waals surface area contributed by atoms with E-state index in [1.54, 1.807) is 35.5 Å². The summed E-state index contributed by atoms with van der Waals surface area (Å²) in [5.41, 5.74) is 1.06. The normalized spacial score (nSPS) is 11.3. The van der Waals surface area contributed by atoms with Crippen molar-refractivity contribution in [2.75, 3.05) is 0 Å². The molecule has 4 aromatic rings. The van der Waals surface area contributed by atoms with Gasteiger partial charge in [-0.05, 0) is 41.1 Å². The van der Waals surface area contributed by atoms with Crippen LogP contribution in [0.3, 0.4) is 0 Å². The van der Waals surface area contributed by atoms with Gasteiger partial charge in [-0.15, -0.1) is 0 Å². The van der Waals surface area contributed by atoms with E-state index < -0.39 is 5.97 Å². The first kappa shape index (κ1) is 16.1. The molecule has 0 aliphatic heterocycles. The third-order valence-electron chi connectivity index (χ3n) is 4.26. The van der Waals surface area contributed by atoms with Crippen molar-refractivity contribution < 1.29 is 9.90 Å². The minimum Gasteiger partial charge on any atom is -0.477 e. The second-order valence-corrected chi connectivity index (χ2v) is 7.39. The maximum absolute atomic E-state index is 11.4. The van der Waals surface area contributed by atoms with E-state index in [1.165, 1.54) is 10.8 Å². The Morgan fingerprint density at radius 1 is 1.04 bits per heavy atom. The number of carboxylic acids is 1. The monoisotopic (exact) mass is 367 g/mol. The standard InChI is InChI=1S/C20H14ClNO2S/c1-22-17-9-14(21)10-19(16(17)11-18(22)20(23)24)25-15-7-6-12-4-2-3-5-13(12)8-15/h2-11H,1H3,(H,23,24). The molecule has 5 heteroatoms. The predicted octanol–water partition coefficient (Wildman–Crippen LogP) is 5.83. The van der Waals surface area contributed by atoms with Crippen molar-refractivity contribution in [3.63, 3.8) is 0 Å². The van der Waals surface area contributed by atoms with Crippen LogP contribution in [0.4, 0.5) is 0 Å². The van der Waals surface area contributed by atoms with Gasteiger partial charge in [0.15, 0.2) is 0 Å². The molecule has 3 nitrogen and oxygen atoms in total. The summed E-state index contributed by atoms with van der Waals surface area (Å²) in [6.07, 6.45) is 0. The van der Waals surface area contributed by atoms with Crippen molar-refractivity contribution >= 4 is 51.0 Å². The average Bonchev–Trinajstić information content (AvgIpc) is 2.92. The Hall–Kier alpha value is -2.43. The van der Waals surface area contributed by atoms with Crippen LogP contribution in [-0.4, -0.2) is 15.6 Å². The van der Waals surface area contributed by atoms with Gasteiger partial charge in [0.2, 0.25) is 0 Å². The Kier molecular flexibility index (Phi) is 3.94. The van der Waals surface area contributed by atoms with Crippen molar-refractivity contribution in [1.82, 2.24) is 4.57 Å². The van der Waals surface area contributed by atoms with E-state index >= 15 is 0 Å². The topological polar surface area (TPSA) is 42.2 Å². The number of aromatic carboxylic acids is 1. The number of rotatable bonds is 3. The molecule has 124 valence electrons. The van der Waals surface area contributed by atoms with Gasteiger partial charge in [0.25, 0.3) is 0 Å². The number of carbonyl (C=O) groups is 1. The van der Waals surface area contributed by atoms with Crippen LogP contribution >= 0.6 is 23.4 Å².